The predicted octanol–water partition coefficient (Wildman–Crippen LogP) is 1.69. The first kappa shape index (κ1) is 18.1. The molecule has 0 saturated carbocycles. The number of nitrogens with zero attached hydrogens (tertiary/aromatic N) is 2. The summed E-state index contributed by atoms with van der Waals surface area (Å²) in [6.45, 7) is 3.47. The van der Waals surface area contributed by atoms with Crippen molar-refractivity contribution in [2.45, 2.75) is 32.7 Å². The molecule has 2 N–H and O–H groups in total. The molecular weight excluding hydrogens is 336 g/mol. The van der Waals surface area contributed by atoms with Gasteiger partial charge in [-0.3, -0.25) is 9.36 Å². The summed E-state index contributed by atoms with van der Waals surface area (Å²) in [5.74, 6) is -1.99. The molecule has 0 bridgehead atoms. The van der Waals surface area contributed by atoms with Crippen molar-refractivity contribution in [2.75, 3.05) is 13.7 Å². The van der Waals surface area contributed by atoms with Gasteiger partial charge in [-0.15, -0.1) is 11.3 Å². The molecule has 0 amide bonds. The molecule has 2 heterocycles. The van der Waals surface area contributed by atoms with Crippen molar-refractivity contribution in [2.24, 2.45) is 0 Å². The zero-order valence-electron chi connectivity index (χ0n) is 13.5. The van der Waals surface area contributed by atoms with Crippen molar-refractivity contribution in [3.63, 3.8) is 0 Å². The van der Waals surface area contributed by atoms with Crippen molar-refractivity contribution in [3.8, 4) is 0 Å². The average molecular weight is 354 g/mol. The first-order valence-corrected chi connectivity index (χ1v) is 8.14. The lowest BCUT2D eigenvalue weighted by Gasteiger charge is -2.18. The fourth-order valence-corrected chi connectivity index (χ4v) is 3.63. The number of rotatable bonds is 7. The van der Waals surface area contributed by atoms with Gasteiger partial charge >= 0.3 is 11.9 Å². The van der Waals surface area contributed by atoms with Gasteiger partial charge in [0.25, 0.3) is 5.56 Å². The van der Waals surface area contributed by atoms with Gasteiger partial charge in [0.05, 0.1) is 12.0 Å². The summed E-state index contributed by atoms with van der Waals surface area (Å²) in [6.07, 6.45) is 0.461. The number of fused-ring (bicyclic) bond motifs is 1. The Hall–Kier alpha value is -2.26. The van der Waals surface area contributed by atoms with Crippen LogP contribution in [-0.2, 0) is 16.0 Å². The second kappa shape index (κ2) is 7.10. The number of carboxylic acid groups (broad SMARTS) is 2. The Morgan fingerprint density at radius 2 is 2.04 bits per heavy atom. The molecule has 0 aromatic carbocycles. The number of aliphatic carboxylic acids is 1. The minimum atomic E-state index is -1.13. The summed E-state index contributed by atoms with van der Waals surface area (Å²) in [6, 6.07) is -1.06. The van der Waals surface area contributed by atoms with Gasteiger partial charge in [0.15, 0.2) is 0 Å². The lowest BCUT2D eigenvalue weighted by molar-refractivity contribution is -0.141. The summed E-state index contributed by atoms with van der Waals surface area (Å²) < 4.78 is 6.15. The van der Waals surface area contributed by atoms with Gasteiger partial charge in [-0.25, -0.2) is 14.6 Å². The minimum absolute atomic E-state index is 0.0356. The van der Waals surface area contributed by atoms with Crippen molar-refractivity contribution in [1.29, 1.82) is 0 Å². The highest BCUT2D eigenvalue weighted by Gasteiger charge is 2.26. The van der Waals surface area contributed by atoms with Crippen LogP contribution in [0.25, 0.3) is 10.2 Å². The molecule has 0 aliphatic carbocycles. The molecule has 0 fully saturated rings. The second-order valence-corrected chi connectivity index (χ2v) is 6.25. The quantitative estimate of drug-likeness (QED) is 0.776. The number of thiophene rings is 1. The van der Waals surface area contributed by atoms with Crippen LogP contribution in [0.5, 0.6) is 0 Å². The van der Waals surface area contributed by atoms with E-state index in [1.165, 1.54) is 14.0 Å². The van der Waals surface area contributed by atoms with E-state index in [0.29, 0.717) is 10.4 Å². The van der Waals surface area contributed by atoms with Crippen LogP contribution in [0.15, 0.2) is 4.79 Å². The van der Waals surface area contributed by atoms with Gasteiger partial charge in [0.2, 0.25) is 0 Å². The van der Waals surface area contributed by atoms with E-state index in [-0.39, 0.29) is 35.5 Å². The maximum absolute atomic E-state index is 12.9. The lowest BCUT2D eigenvalue weighted by Crippen LogP contribution is -2.33. The van der Waals surface area contributed by atoms with Crippen molar-refractivity contribution < 1.29 is 24.5 Å². The zero-order chi connectivity index (χ0) is 18.0. The summed E-state index contributed by atoms with van der Waals surface area (Å²) in [4.78, 5) is 40.4. The molecule has 0 aliphatic rings. The Labute approximate surface area is 141 Å². The summed E-state index contributed by atoms with van der Waals surface area (Å²) in [5.41, 5.74) is -0.214. The summed E-state index contributed by atoms with van der Waals surface area (Å²) in [5, 5.41) is 18.8. The van der Waals surface area contributed by atoms with Crippen molar-refractivity contribution in [3.05, 3.63) is 26.6 Å². The third-order valence-electron chi connectivity index (χ3n) is 3.78. The highest BCUT2D eigenvalue weighted by Crippen LogP contribution is 2.28. The highest BCUT2D eigenvalue weighted by atomic mass is 32.1. The van der Waals surface area contributed by atoms with Crippen LogP contribution < -0.4 is 5.56 Å². The largest absolute Gasteiger partial charge is 0.480 e. The maximum atomic E-state index is 12.9. The molecule has 0 saturated heterocycles. The molecule has 8 nitrogen and oxygen atoms in total. The molecule has 24 heavy (non-hydrogen) atoms. The minimum Gasteiger partial charge on any atom is -0.480 e. The maximum Gasteiger partial charge on any atom is 0.346 e. The summed E-state index contributed by atoms with van der Waals surface area (Å²) in [7, 11) is 1.49. The Kier molecular flexibility index (Phi) is 5.35. The van der Waals surface area contributed by atoms with Crippen molar-refractivity contribution in [1.82, 2.24) is 9.55 Å². The van der Waals surface area contributed by atoms with E-state index in [9.17, 15) is 24.6 Å². The monoisotopic (exact) mass is 354 g/mol. The van der Waals surface area contributed by atoms with E-state index >= 15 is 0 Å². The number of ether oxygens (including phenoxy) is 1. The van der Waals surface area contributed by atoms with Gasteiger partial charge in [0, 0.05) is 13.5 Å². The lowest BCUT2D eigenvalue weighted by atomic mass is 10.1. The van der Waals surface area contributed by atoms with Crippen LogP contribution in [0, 0.1) is 6.92 Å². The Balaban J connectivity index is 2.83. The first-order chi connectivity index (χ1) is 11.3. The van der Waals surface area contributed by atoms with Gasteiger partial charge in [0.1, 0.15) is 21.6 Å². The second-order valence-electron chi connectivity index (χ2n) is 5.25. The zero-order valence-corrected chi connectivity index (χ0v) is 14.3. The number of carbonyl (C=O) groups is 2. The van der Waals surface area contributed by atoms with Crippen LogP contribution in [0.3, 0.4) is 0 Å². The van der Waals surface area contributed by atoms with E-state index in [1.54, 1.807) is 6.92 Å². The molecule has 2 rings (SSSR count). The molecule has 0 radical (unpaired) electrons. The molecule has 1 unspecified atom stereocenters. The van der Waals surface area contributed by atoms with Crippen LogP contribution in [0.1, 0.15) is 40.4 Å². The third kappa shape index (κ3) is 3.04. The topological polar surface area (TPSA) is 119 Å². The standard InChI is InChI=1S/C15H18N2O6S/c1-4-8(14(19)20)17-9(5-6-23-3)16-12-10(13(17)18)7(2)11(24-12)15(21)22/h8H,4-6H2,1-3H3,(H,19,20)(H,21,22). The number of methoxy groups -OCH3 is 1. The number of carboxylic acids is 2. The molecule has 9 heteroatoms. The molecule has 2 aromatic heterocycles. The normalized spacial score (nSPS) is 12.5. The van der Waals surface area contributed by atoms with E-state index in [1.807, 2.05) is 0 Å². The van der Waals surface area contributed by atoms with Crippen LogP contribution in [-0.4, -0.2) is 45.4 Å². The van der Waals surface area contributed by atoms with E-state index < -0.39 is 23.5 Å². The number of aromatic nitrogens is 2. The first-order valence-electron chi connectivity index (χ1n) is 7.32. The Morgan fingerprint density at radius 3 is 2.54 bits per heavy atom. The number of hydrogen-bond donors (Lipinski definition) is 2. The van der Waals surface area contributed by atoms with Crippen LogP contribution in [0.2, 0.25) is 0 Å². The predicted molar refractivity (Wildman–Crippen MR) is 88.1 cm³/mol. The van der Waals surface area contributed by atoms with E-state index in [2.05, 4.69) is 4.98 Å². The van der Waals surface area contributed by atoms with Gasteiger partial charge < -0.3 is 14.9 Å². The van der Waals surface area contributed by atoms with Gasteiger partial charge in [-0.1, -0.05) is 6.92 Å². The Morgan fingerprint density at radius 1 is 1.38 bits per heavy atom. The molecule has 130 valence electrons. The number of aromatic carboxylic acids is 1. The Bertz CT molecular complexity index is 854. The molecule has 1 atom stereocenters. The third-order valence-corrected chi connectivity index (χ3v) is 4.95. The number of hydrogen-bond acceptors (Lipinski definition) is 6. The van der Waals surface area contributed by atoms with Gasteiger partial charge in [-0.05, 0) is 18.9 Å². The van der Waals surface area contributed by atoms with Crippen LogP contribution in [0.4, 0.5) is 0 Å². The van der Waals surface area contributed by atoms with E-state index in [0.717, 1.165) is 15.9 Å². The SMILES string of the molecule is CCC(C(=O)O)n1c(CCOC)nc2sc(C(=O)O)c(C)c2c1=O. The van der Waals surface area contributed by atoms with Crippen LogP contribution >= 0.6 is 11.3 Å². The fourth-order valence-electron chi connectivity index (χ4n) is 2.60. The average Bonchev–Trinajstić information content (AvgIpc) is 2.85. The fraction of sp³-hybridized carbons (Fsp3) is 0.467. The van der Waals surface area contributed by atoms with Gasteiger partial charge in [-0.2, -0.15) is 0 Å². The van der Waals surface area contributed by atoms with Crippen molar-refractivity contribution >= 4 is 33.5 Å². The smallest absolute Gasteiger partial charge is 0.346 e. The molecule has 2 aromatic rings. The highest BCUT2D eigenvalue weighted by molar-refractivity contribution is 7.20. The molecule has 0 aliphatic heterocycles. The number of aryl methyl sites for hydroxylation is 1. The van der Waals surface area contributed by atoms with E-state index in [4.69, 9.17) is 4.74 Å². The summed E-state index contributed by atoms with van der Waals surface area (Å²) >= 11 is 0.918. The molecule has 0 spiro atoms. The molecular formula is C15H18N2O6S.